The van der Waals surface area contributed by atoms with Gasteiger partial charge in [0.25, 0.3) is 0 Å². The standard InChI is InChI=1S/C10H9F7N2O2/c11-7-5(20-2-1-9(12,13)14)3-6(19-8(7)18)21-4-10(15,16)17/h3H,1-2,4H2,(H2,18,19). The van der Waals surface area contributed by atoms with Gasteiger partial charge in [-0.2, -0.15) is 35.7 Å². The average molecular weight is 322 g/mol. The van der Waals surface area contributed by atoms with Gasteiger partial charge in [0, 0.05) is 6.07 Å². The predicted octanol–water partition coefficient (Wildman–Crippen LogP) is 3.08. The molecule has 0 saturated heterocycles. The average Bonchev–Trinajstić information content (AvgIpc) is 2.29. The largest absolute Gasteiger partial charge is 0.490 e. The first kappa shape index (κ1) is 17.1. The summed E-state index contributed by atoms with van der Waals surface area (Å²) in [6.07, 6.45) is -10.6. The number of halogens is 7. The van der Waals surface area contributed by atoms with Gasteiger partial charge in [-0.05, 0) is 0 Å². The molecule has 0 amide bonds. The second-order valence-electron chi connectivity index (χ2n) is 3.78. The Kier molecular flexibility index (Phi) is 5.07. The van der Waals surface area contributed by atoms with Crippen LogP contribution in [-0.4, -0.2) is 30.6 Å². The normalized spacial score (nSPS) is 12.3. The van der Waals surface area contributed by atoms with Gasteiger partial charge < -0.3 is 15.2 Å². The maximum absolute atomic E-state index is 13.4. The lowest BCUT2D eigenvalue weighted by Gasteiger charge is -2.13. The van der Waals surface area contributed by atoms with E-state index in [0.29, 0.717) is 6.07 Å². The van der Waals surface area contributed by atoms with Crippen LogP contribution in [0.5, 0.6) is 11.6 Å². The molecule has 1 heterocycles. The van der Waals surface area contributed by atoms with Crippen LogP contribution in [0.1, 0.15) is 6.42 Å². The topological polar surface area (TPSA) is 57.4 Å². The minimum atomic E-state index is -4.66. The van der Waals surface area contributed by atoms with Crippen molar-refractivity contribution in [1.29, 1.82) is 0 Å². The van der Waals surface area contributed by atoms with Crippen LogP contribution in [0.2, 0.25) is 0 Å². The maximum Gasteiger partial charge on any atom is 0.422 e. The van der Waals surface area contributed by atoms with Gasteiger partial charge in [0.05, 0.1) is 13.0 Å². The number of rotatable bonds is 5. The highest BCUT2D eigenvalue weighted by Crippen LogP contribution is 2.28. The van der Waals surface area contributed by atoms with Crippen LogP contribution in [0.15, 0.2) is 6.07 Å². The Labute approximate surface area is 113 Å². The van der Waals surface area contributed by atoms with Gasteiger partial charge in [0.2, 0.25) is 11.7 Å². The SMILES string of the molecule is Nc1nc(OCC(F)(F)F)cc(OCCC(F)(F)F)c1F. The zero-order valence-corrected chi connectivity index (χ0v) is 10.2. The first-order valence-corrected chi connectivity index (χ1v) is 5.33. The van der Waals surface area contributed by atoms with Crippen LogP contribution in [0, 0.1) is 5.82 Å². The Morgan fingerprint density at radius 3 is 2.19 bits per heavy atom. The Balaban J connectivity index is 2.76. The maximum atomic E-state index is 13.4. The van der Waals surface area contributed by atoms with Crippen molar-refractivity contribution in [3.8, 4) is 11.6 Å². The third-order valence-electron chi connectivity index (χ3n) is 1.95. The van der Waals surface area contributed by atoms with Crippen molar-refractivity contribution >= 4 is 5.82 Å². The molecule has 1 rings (SSSR count). The van der Waals surface area contributed by atoms with Gasteiger partial charge in [0.15, 0.2) is 18.2 Å². The minimum Gasteiger partial charge on any atom is -0.490 e. The molecule has 21 heavy (non-hydrogen) atoms. The molecule has 4 nitrogen and oxygen atoms in total. The van der Waals surface area contributed by atoms with Crippen LogP contribution in [0.4, 0.5) is 36.6 Å². The third-order valence-corrected chi connectivity index (χ3v) is 1.95. The molecule has 0 unspecified atom stereocenters. The van der Waals surface area contributed by atoms with Gasteiger partial charge in [-0.3, -0.25) is 0 Å². The fourth-order valence-electron chi connectivity index (χ4n) is 1.11. The van der Waals surface area contributed by atoms with E-state index in [0.717, 1.165) is 0 Å². The van der Waals surface area contributed by atoms with Crippen molar-refractivity contribution in [2.24, 2.45) is 0 Å². The number of pyridine rings is 1. The molecule has 0 aromatic carbocycles. The van der Waals surface area contributed by atoms with E-state index in [9.17, 15) is 30.7 Å². The summed E-state index contributed by atoms with van der Waals surface area (Å²) in [7, 11) is 0. The molecule has 0 atom stereocenters. The molecule has 120 valence electrons. The number of ether oxygens (including phenoxy) is 2. The van der Waals surface area contributed by atoms with Gasteiger partial charge in [-0.25, -0.2) is 0 Å². The van der Waals surface area contributed by atoms with E-state index in [1.807, 2.05) is 0 Å². The number of alkyl halides is 6. The van der Waals surface area contributed by atoms with Crippen LogP contribution in [0.3, 0.4) is 0 Å². The lowest BCUT2D eigenvalue weighted by Crippen LogP contribution is -2.20. The van der Waals surface area contributed by atoms with E-state index in [1.54, 1.807) is 0 Å². The van der Waals surface area contributed by atoms with E-state index in [1.165, 1.54) is 0 Å². The second kappa shape index (κ2) is 6.22. The Morgan fingerprint density at radius 2 is 1.67 bits per heavy atom. The van der Waals surface area contributed by atoms with Crippen molar-refractivity contribution < 1.29 is 40.2 Å². The van der Waals surface area contributed by atoms with Crippen molar-refractivity contribution in [2.45, 2.75) is 18.8 Å². The van der Waals surface area contributed by atoms with E-state index >= 15 is 0 Å². The zero-order chi connectivity index (χ0) is 16.3. The summed E-state index contributed by atoms with van der Waals surface area (Å²) < 4.78 is 93.7. The van der Waals surface area contributed by atoms with Gasteiger partial charge in [-0.1, -0.05) is 0 Å². The smallest absolute Gasteiger partial charge is 0.422 e. The quantitative estimate of drug-likeness (QED) is 0.847. The molecule has 0 aliphatic rings. The highest BCUT2D eigenvalue weighted by atomic mass is 19.4. The summed E-state index contributed by atoms with van der Waals surface area (Å²) in [6, 6.07) is 0.591. The molecular formula is C10H9F7N2O2. The van der Waals surface area contributed by atoms with Crippen LogP contribution in [0.25, 0.3) is 0 Å². The first-order valence-electron chi connectivity index (χ1n) is 5.33. The van der Waals surface area contributed by atoms with Crippen molar-refractivity contribution in [3.63, 3.8) is 0 Å². The number of nitrogens with two attached hydrogens (primary N) is 1. The second-order valence-corrected chi connectivity index (χ2v) is 3.78. The number of hydrogen-bond donors (Lipinski definition) is 1. The molecule has 1 aromatic heterocycles. The van der Waals surface area contributed by atoms with E-state index in [4.69, 9.17) is 5.73 Å². The van der Waals surface area contributed by atoms with Gasteiger partial charge in [-0.15, -0.1) is 0 Å². The molecule has 0 saturated carbocycles. The molecule has 0 spiro atoms. The molecule has 0 aliphatic heterocycles. The molecule has 0 aliphatic carbocycles. The Hall–Kier alpha value is -1.94. The molecular weight excluding hydrogens is 313 g/mol. The number of aromatic nitrogens is 1. The fraction of sp³-hybridized carbons (Fsp3) is 0.500. The summed E-state index contributed by atoms with van der Waals surface area (Å²) in [6.45, 7) is -2.64. The summed E-state index contributed by atoms with van der Waals surface area (Å²) in [5.41, 5.74) is 5.07. The molecule has 0 radical (unpaired) electrons. The van der Waals surface area contributed by atoms with Crippen LogP contribution >= 0.6 is 0 Å². The van der Waals surface area contributed by atoms with Crippen LogP contribution < -0.4 is 15.2 Å². The van der Waals surface area contributed by atoms with Crippen molar-refractivity contribution in [2.75, 3.05) is 18.9 Å². The van der Waals surface area contributed by atoms with E-state index in [-0.39, 0.29) is 0 Å². The molecule has 11 heteroatoms. The number of nitrogens with zero attached hydrogens (tertiary/aromatic N) is 1. The predicted molar refractivity (Wildman–Crippen MR) is 56.3 cm³/mol. The zero-order valence-electron chi connectivity index (χ0n) is 10.2. The van der Waals surface area contributed by atoms with Gasteiger partial charge >= 0.3 is 12.4 Å². The third kappa shape index (κ3) is 6.36. The lowest BCUT2D eigenvalue weighted by atomic mass is 10.4. The van der Waals surface area contributed by atoms with Gasteiger partial charge in [0.1, 0.15) is 0 Å². The first-order chi connectivity index (χ1) is 9.48. The summed E-state index contributed by atoms with van der Waals surface area (Å²) in [4.78, 5) is 3.17. The lowest BCUT2D eigenvalue weighted by molar-refractivity contribution is -0.154. The Bertz CT molecular complexity index is 488. The summed E-state index contributed by atoms with van der Waals surface area (Å²) in [5.74, 6) is -3.62. The fourth-order valence-corrected chi connectivity index (χ4v) is 1.11. The van der Waals surface area contributed by atoms with Crippen molar-refractivity contribution in [3.05, 3.63) is 11.9 Å². The highest BCUT2D eigenvalue weighted by molar-refractivity contribution is 5.43. The minimum absolute atomic E-state index is 0.591. The summed E-state index contributed by atoms with van der Waals surface area (Å²) >= 11 is 0. The molecule has 1 aromatic rings. The number of hydrogen-bond acceptors (Lipinski definition) is 4. The number of nitrogen functional groups attached to an aromatic ring is 1. The van der Waals surface area contributed by atoms with E-state index < -0.39 is 55.3 Å². The monoisotopic (exact) mass is 322 g/mol. The summed E-state index contributed by atoms with van der Waals surface area (Å²) in [5, 5.41) is 0. The number of anilines is 1. The molecule has 2 N–H and O–H groups in total. The molecule has 0 bridgehead atoms. The highest BCUT2D eigenvalue weighted by Gasteiger charge is 2.29. The van der Waals surface area contributed by atoms with Crippen LogP contribution in [-0.2, 0) is 0 Å². The Morgan fingerprint density at radius 1 is 1.05 bits per heavy atom. The van der Waals surface area contributed by atoms with E-state index in [2.05, 4.69) is 14.5 Å². The molecule has 0 fully saturated rings. The van der Waals surface area contributed by atoms with Crippen molar-refractivity contribution in [1.82, 2.24) is 4.98 Å².